The predicted molar refractivity (Wildman–Crippen MR) is 56.9 cm³/mol. The molecule has 2 aromatic rings. The summed E-state index contributed by atoms with van der Waals surface area (Å²) in [6, 6.07) is 4.57. The molecule has 82 valence electrons. The number of anilines is 1. The van der Waals surface area contributed by atoms with Crippen molar-refractivity contribution >= 4 is 5.82 Å². The SMILES string of the molecule is Nc1cc(=O)[nH]c(=O)n1Cc1cccnn1. The number of nitrogens with two attached hydrogens (primary N) is 1. The van der Waals surface area contributed by atoms with Crippen molar-refractivity contribution < 1.29 is 0 Å². The molecule has 0 aliphatic rings. The number of rotatable bonds is 2. The van der Waals surface area contributed by atoms with Gasteiger partial charge in [0.15, 0.2) is 0 Å². The Hall–Kier alpha value is -2.44. The molecule has 16 heavy (non-hydrogen) atoms. The summed E-state index contributed by atoms with van der Waals surface area (Å²) in [6.07, 6.45) is 1.53. The first-order valence-electron chi connectivity index (χ1n) is 4.53. The zero-order chi connectivity index (χ0) is 11.5. The van der Waals surface area contributed by atoms with Crippen molar-refractivity contribution in [3.8, 4) is 0 Å². The third kappa shape index (κ3) is 1.97. The summed E-state index contributed by atoms with van der Waals surface area (Å²) < 4.78 is 1.21. The maximum atomic E-state index is 11.4. The van der Waals surface area contributed by atoms with E-state index in [-0.39, 0.29) is 12.4 Å². The van der Waals surface area contributed by atoms with E-state index in [2.05, 4.69) is 15.2 Å². The fourth-order valence-corrected chi connectivity index (χ4v) is 1.28. The van der Waals surface area contributed by atoms with Gasteiger partial charge in [-0.3, -0.25) is 14.3 Å². The van der Waals surface area contributed by atoms with Crippen molar-refractivity contribution in [2.24, 2.45) is 0 Å². The number of H-pyrrole nitrogens is 1. The van der Waals surface area contributed by atoms with Crippen LogP contribution >= 0.6 is 0 Å². The van der Waals surface area contributed by atoms with Crippen LogP contribution in [0.25, 0.3) is 0 Å². The monoisotopic (exact) mass is 219 g/mol. The highest BCUT2D eigenvalue weighted by molar-refractivity contribution is 5.27. The lowest BCUT2D eigenvalue weighted by Gasteiger charge is -2.06. The first-order chi connectivity index (χ1) is 7.66. The van der Waals surface area contributed by atoms with Gasteiger partial charge in [-0.2, -0.15) is 10.2 Å². The van der Waals surface area contributed by atoms with Crippen LogP contribution in [0, 0.1) is 0 Å². The second-order valence-corrected chi connectivity index (χ2v) is 3.16. The predicted octanol–water partition coefficient (Wildman–Crippen LogP) is -1.04. The van der Waals surface area contributed by atoms with Gasteiger partial charge in [-0.15, -0.1) is 0 Å². The van der Waals surface area contributed by atoms with Crippen LogP contribution < -0.4 is 17.0 Å². The van der Waals surface area contributed by atoms with Crippen molar-refractivity contribution in [3.05, 3.63) is 50.9 Å². The van der Waals surface area contributed by atoms with Gasteiger partial charge in [-0.05, 0) is 12.1 Å². The zero-order valence-corrected chi connectivity index (χ0v) is 8.25. The molecule has 7 nitrogen and oxygen atoms in total. The second kappa shape index (κ2) is 3.97. The van der Waals surface area contributed by atoms with E-state index in [1.807, 2.05) is 0 Å². The maximum absolute atomic E-state index is 11.4. The average Bonchev–Trinajstić information content (AvgIpc) is 2.25. The van der Waals surface area contributed by atoms with Gasteiger partial charge in [0, 0.05) is 12.3 Å². The highest BCUT2D eigenvalue weighted by Crippen LogP contribution is 1.98. The van der Waals surface area contributed by atoms with E-state index in [0.717, 1.165) is 6.07 Å². The van der Waals surface area contributed by atoms with Gasteiger partial charge >= 0.3 is 5.69 Å². The highest BCUT2D eigenvalue weighted by atomic mass is 16.2. The molecule has 0 aliphatic carbocycles. The Bertz CT molecular complexity index is 601. The van der Waals surface area contributed by atoms with Gasteiger partial charge in [0.05, 0.1) is 12.2 Å². The Morgan fingerprint density at radius 2 is 2.25 bits per heavy atom. The van der Waals surface area contributed by atoms with Crippen molar-refractivity contribution in [2.75, 3.05) is 5.73 Å². The van der Waals surface area contributed by atoms with Crippen molar-refractivity contribution in [3.63, 3.8) is 0 Å². The molecule has 0 aromatic carbocycles. The van der Waals surface area contributed by atoms with E-state index >= 15 is 0 Å². The minimum atomic E-state index is -0.560. The molecule has 0 radical (unpaired) electrons. The molecule has 3 N–H and O–H groups in total. The van der Waals surface area contributed by atoms with Crippen LogP contribution in [0.2, 0.25) is 0 Å². The van der Waals surface area contributed by atoms with Crippen LogP contribution in [-0.2, 0) is 6.54 Å². The van der Waals surface area contributed by atoms with Gasteiger partial charge in [0.2, 0.25) is 0 Å². The van der Waals surface area contributed by atoms with Gasteiger partial charge < -0.3 is 5.73 Å². The summed E-state index contributed by atoms with van der Waals surface area (Å²) in [5.74, 6) is 0.0967. The molecule has 0 spiro atoms. The number of nitrogens with zero attached hydrogens (tertiary/aromatic N) is 3. The summed E-state index contributed by atoms with van der Waals surface area (Å²) in [7, 11) is 0. The Morgan fingerprint density at radius 3 is 2.88 bits per heavy atom. The number of aromatic amines is 1. The van der Waals surface area contributed by atoms with Crippen molar-refractivity contribution in [1.82, 2.24) is 19.7 Å². The van der Waals surface area contributed by atoms with Crippen LogP contribution in [-0.4, -0.2) is 19.7 Å². The van der Waals surface area contributed by atoms with E-state index < -0.39 is 11.2 Å². The summed E-state index contributed by atoms with van der Waals surface area (Å²) in [5.41, 5.74) is 5.08. The quantitative estimate of drug-likeness (QED) is 0.670. The van der Waals surface area contributed by atoms with E-state index in [4.69, 9.17) is 5.73 Å². The van der Waals surface area contributed by atoms with E-state index in [0.29, 0.717) is 5.69 Å². The summed E-state index contributed by atoms with van der Waals surface area (Å²) >= 11 is 0. The highest BCUT2D eigenvalue weighted by Gasteiger charge is 2.04. The summed E-state index contributed by atoms with van der Waals surface area (Å²) in [5, 5.41) is 7.50. The first kappa shape index (κ1) is 10.1. The van der Waals surface area contributed by atoms with Crippen LogP contribution in [0.3, 0.4) is 0 Å². The number of hydrogen-bond donors (Lipinski definition) is 2. The average molecular weight is 219 g/mol. The van der Waals surface area contributed by atoms with E-state index in [1.54, 1.807) is 12.1 Å². The Labute approximate surface area is 89.6 Å². The third-order valence-corrected chi connectivity index (χ3v) is 2.01. The Morgan fingerprint density at radius 1 is 1.44 bits per heavy atom. The van der Waals surface area contributed by atoms with Gasteiger partial charge in [0.1, 0.15) is 5.82 Å². The number of nitrogens with one attached hydrogen (secondary N) is 1. The van der Waals surface area contributed by atoms with E-state index in [1.165, 1.54) is 10.8 Å². The van der Waals surface area contributed by atoms with Crippen LogP contribution in [0.1, 0.15) is 5.69 Å². The second-order valence-electron chi connectivity index (χ2n) is 3.16. The molecule has 0 saturated carbocycles. The molecular formula is C9H9N5O2. The Balaban J connectivity index is 2.43. The maximum Gasteiger partial charge on any atom is 0.330 e. The lowest BCUT2D eigenvalue weighted by Crippen LogP contribution is -2.31. The van der Waals surface area contributed by atoms with Crippen LogP contribution in [0.4, 0.5) is 5.82 Å². The van der Waals surface area contributed by atoms with Crippen LogP contribution in [0.15, 0.2) is 34.0 Å². The number of hydrogen-bond acceptors (Lipinski definition) is 5. The molecule has 0 fully saturated rings. The molecule has 2 aromatic heterocycles. The normalized spacial score (nSPS) is 10.2. The van der Waals surface area contributed by atoms with E-state index in [9.17, 15) is 9.59 Å². The van der Waals surface area contributed by atoms with Gasteiger partial charge in [-0.1, -0.05) is 0 Å². The largest absolute Gasteiger partial charge is 0.385 e. The molecule has 0 unspecified atom stereocenters. The fraction of sp³-hybridized carbons (Fsp3) is 0.111. The summed E-state index contributed by atoms with van der Waals surface area (Å²) in [4.78, 5) is 24.5. The number of nitrogen functional groups attached to an aromatic ring is 1. The number of aromatic nitrogens is 4. The fourth-order valence-electron chi connectivity index (χ4n) is 1.28. The molecule has 7 heteroatoms. The van der Waals surface area contributed by atoms with Gasteiger partial charge in [-0.25, -0.2) is 4.79 Å². The van der Waals surface area contributed by atoms with Crippen LogP contribution in [0.5, 0.6) is 0 Å². The molecule has 0 atom stereocenters. The standard InChI is InChI=1S/C9H9N5O2/c10-7-4-8(15)12-9(16)14(7)5-6-2-1-3-11-13-6/h1-4H,5,10H2,(H,12,15,16). The van der Waals surface area contributed by atoms with Gasteiger partial charge in [0.25, 0.3) is 5.56 Å². The van der Waals surface area contributed by atoms with Crippen molar-refractivity contribution in [2.45, 2.75) is 6.54 Å². The smallest absolute Gasteiger partial charge is 0.330 e. The molecule has 0 saturated heterocycles. The minimum Gasteiger partial charge on any atom is -0.385 e. The molecule has 2 rings (SSSR count). The minimum absolute atomic E-state index is 0.0967. The first-order valence-corrected chi connectivity index (χ1v) is 4.53. The van der Waals surface area contributed by atoms with Crippen molar-refractivity contribution in [1.29, 1.82) is 0 Å². The Kier molecular flexibility index (Phi) is 2.50. The third-order valence-electron chi connectivity index (χ3n) is 2.01. The molecule has 0 amide bonds. The molecule has 0 bridgehead atoms. The lowest BCUT2D eigenvalue weighted by molar-refractivity contribution is 0.704. The molecular weight excluding hydrogens is 210 g/mol. The zero-order valence-electron chi connectivity index (χ0n) is 8.25. The summed E-state index contributed by atoms with van der Waals surface area (Å²) in [6.45, 7) is 0.176. The lowest BCUT2D eigenvalue weighted by atomic mass is 10.4. The molecule has 2 heterocycles. The molecule has 0 aliphatic heterocycles. The topological polar surface area (TPSA) is 107 Å².